The third-order valence-electron chi connectivity index (χ3n) is 2.74. The fourth-order valence-corrected chi connectivity index (χ4v) is 1.75. The van der Waals surface area contributed by atoms with Crippen LogP contribution in [0.4, 0.5) is 0 Å². The van der Waals surface area contributed by atoms with Crippen molar-refractivity contribution in [3.05, 3.63) is 29.3 Å². The highest BCUT2D eigenvalue weighted by Gasteiger charge is 2.14. The molecular formula is C15H15NO5. The van der Waals surface area contributed by atoms with Crippen molar-refractivity contribution in [1.82, 2.24) is 0 Å². The maximum absolute atomic E-state index is 11.7. The molecule has 2 rings (SSSR count). The van der Waals surface area contributed by atoms with Crippen molar-refractivity contribution in [2.75, 3.05) is 33.5 Å². The van der Waals surface area contributed by atoms with Crippen molar-refractivity contribution in [2.24, 2.45) is 0 Å². The van der Waals surface area contributed by atoms with Crippen LogP contribution in [0.15, 0.2) is 23.8 Å². The SMILES string of the molecule is COCCOC(=O)/C(C#N)=C\c1ccc2c(c1)OCCO2. The van der Waals surface area contributed by atoms with E-state index in [4.69, 9.17) is 24.2 Å². The van der Waals surface area contributed by atoms with Crippen molar-refractivity contribution in [3.63, 3.8) is 0 Å². The number of hydrogen-bond acceptors (Lipinski definition) is 6. The van der Waals surface area contributed by atoms with Gasteiger partial charge in [-0.1, -0.05) is 6.07 Å². The van der Waals surface area contributed by atoms with E-state index in [-0.39, 0.29) is 18.8 Å². The number of carbonyl (C=O) groups is 1. The predicted octanol–water partition coefficient (Wildman–Crippen LogP) is 1.55. The van der Waals surface area contributed by atoms with Gasteiger partial charge >= 0.3 is 5.97 Å². The number of nitrogens with zero attached hydrogens (tertiary/aromatic N) is 1. The first-order valence-corrected chi connectivity index (χ1v) is 6.42. The third kappa shape index (κ3) is 3.97. The summed E-state index contributed by atoms with van der Waals surface area (Å²) in [6, 6.07) is 7.03. The summed E-state index contributed by atoms with van der Waals surface area (Å²) in [5.74, 6) is 0.573. The summed E-state index contributed by atoms with van der Waals surface area (Å²) < 4.78 is 20.5. The van der Waals surface area contributed by atoms with Gasteiger partial charge in [0.15, 0.2) is 11.5 Å². The number of fused-ring (bicyclic) bond motifs is 1. The van der Waals surface area contributed by atoms with Gasteiger partial charge in [0.2, 0.25) is 0 Å². The fourth-order valence-electron chi connectivity index (χ4n) is 1.75. The molecule has 110 valence electrons. The molecule has 0 bridgehead atoms. The zero-order valence-electron chi connectivity index (χ0n) is 11.6. The van der Waals surface area contributed by atoms with E-state index >= 15 is 0 Å². The topological polar surface area (TPSA) is 77.8 Å². The Balaban J connectivity index is 2.12. The van der Waals surface area contributed by atoms with Crippen LogP contribution in [-0.2, 0) is 14.3 Å². The number of methoxy groups -OCH3 is 1. The molecule has 0 aliphatic carbocycles. The molecule has 0 atom stereocenters. The molecule has 0 fully saturated rings. The van der Waals surface area contributed by atoms with Crippen LogP contribution in [0.5, 0.6) is 11.5 Å². The molecule has 0 aromatic heterocycles. The first kappa shape index (κ1) is 14.9. The maximum Gasteiger partial charge on any atom is 0.348 e. The lowest BCUT2D eigenvalue weighted by Crippen LogP contribution is -2.15. The van der Waals surface area contributed by atoms with Crippen LogP contribution in [0.25, 0.3) is 6.08 Å². The van der Waals surface area contributed by atoms with Crippen LogP contribution < -0.4 is 9.47 Å². The molecule has 0 saturated heterocycles. The van der Waals surface area contributed by atoms with Crippen molar-refractivity contribution >= 4 is 12.0 Å². The summed E-state index contributed by atoms with van der Waals surface area (Å²) in [4.78, 5) is 11.7. The van der Waals surface area contributed by atoms with E-state index in [1.165, 1.54) is 13.2 Å². The number of benzene rings is 1. The summed E-state index contributed by atoms with van der Waals surface area (Å²) in [5.41, 5.74) is 0.585. The largest absolute Gasteiger partial charge is 0.486 e. The molecule has 0 saturated carbocycles. The highest BCUT2D eigenvalue weighted by atomic mass is 16.6. The molecule has 1 heterocycles. The van der Waals surface area contributed by atoms with Crippen LogP contribution >= 0.6 is 0 Å². The van der Waals surface area contributed by atoms with E-state index in [1.54, 1.807) is 18.2 Å². The molecule has 0 unspecified atom stereocenters. The average molecular weight is 289 g/mol. The molecule has 0 spiro atoms. The first-order valence-electron chi connectivity index (χ1n) is 6.42. The lowest BCUT2D eigenvalue weighted by atomic mass is 10.1. The van der Waals surface area contributed by atoms with Gasteiger partial charge in [-0.15, -0.1) is 0 Å². The van der Waals surface area contributed by atoms with Gasteiger partial charge in [-0.25, -0.2) is 4.79 Å². The second-order valence-corrected chi connectivity index (χ2v) is 4.20. The molecule has 1 aliphatic rings. The summed E-state index contributed by atoms with van der Waals surface area (Å²) in [7, 11) is 1.50. The molecule has 0 radical (unpaired) electrons. The Morgan fingerprint density at radius 1 is 1.33 bits per heavy atom. The van der Waals surface area contributed by atoms with Crippen LogP contribution in [0.3, 0.4) is 0 Å². The van der Waals surface area contributed by atoms with Gasteiger partial charge in [-0.05, 0) is 23.8 Å². The van der Waals surface area contributed by atoms with Gasteiger partial charge in [0.1, 0.15) is 31.5 Å². The highest BCUT2D eigenvalue weighted by molar-refractivity contribution is 5.97. The Morgan fingerprint density at radius 3 is 2.81 bits per heavy atom. The van der Waals surface area contributed by atoms with E-state index in [9.17, 15) is 4.79 Å². The lowest BCUT2D eigenvalue weighted by molar-refractivity contribution is -0.139. The molecule has 1 aromatic carbocycles. The van der Waals surface area contributed by atoms with Crippen molar-refractivity contribution in [2.45, 2.75) is 0 Å². The smallest absolute Gasteiger partial charge is 0.348 e. The summed E-state index contributed by atoms with van der Waals surface area (Å²) in [5, 5.41) is 9.05. The van der Waals surface area contributed by atoms with Gasteiger partial charge in [0, 0.05) is 7.11 Å². The average Bonchev–Trinajstić information content (AvgIpc) is 2.52. The summed E-state index contributed by atoms with van der Waals surface area (Å²) in [6.07, 6.45) is 1.45. The molecule has 0 N–H and O–H groups in total. The number of esters is 1. The molecule has 1 aromatic rings. The van der Waals surface area contributed by atoms with Gasteiger partial charge in [-0.3, -0.25) is 0 Å². The second kappa shape index (κ2) is 7.31. The zero-order valence-corrected chi connectivity index (χ0v) is 11.6. The summed E-state index contributed by atoms with van der Waals surface area (Å²) in [6.45, 7) is 1.38. The molecule has 6 heteroatoms. The Kier molecular flexibility index (Phi) is 5.18. The first-order chi connectivity index (χ1) is 10.2. The van der Waals surface area contributed by atoms with Crippen molar-refractivity contribution in [3.8, 4) is 17.6 Å². The standard InChI is InChI=1S/C15H15NO5/c1-18-4-5-21-15(17)12(10-16)8-11-2-3-13-14(9-11)20-7-6-19-13/h2-3,8-9H,4-7H2,1H3/b12-8-. The molecule has 6 nitrogen and oxygen atoms in total. The van der Waals surface area contributed by atoms with Crippen LogP contribution in [-0.4, -0.2) is 39.5 Å². The number of carbonyl (C=O) groups excluding carboxylic acids is 1. The molecule has 21 heavy (non-hydrogen) atoms. The molecule has 0 amide bonds. The summed E-state index contributed by atoms with van der Waals surface area (Å²) >= 11 is 0. The minimum absolute atomic E-state index is 0.0808. The quantitative estimate of drug-likeness (QED) is 0.354. The van der Waals surface area contributed by atoms with Gasteiger partial charge in [0.05, 0.1) is 6.61 Å². The Bertz CT molecular complexity index is 588. The van der Waals surface area contributed by atoms with Crippen molar-refractivity contribution in [1.29, 1.82) is 5.26 Å². The Hall–Kier alpha value is -2.52. The van der Waals surface area contributed by atoms with Crippen LogP contribution in [0.2, 0.25) is 0 Å². The van der Waals surface area contributed by atoms with Gasteiger partial charge in [0.25, 0.3) is 0 Å². The zero-order chi connectivity index (χ0) is 15.1. The van der Waals surface area contributed by atoms with Crippen LogP contribution in [0.1, 0.15) is 5.56 Å². The van der Waals surface area contributed by atoms with E-state index in [0.717, 1.165) is 0 Å². The number of nitriles is 1. The van der Waals surface area contributed by atoms with E-state index in [0.29, 0.717) is 30.3 Å². The number of ether oxygens (including phenoxy) is 4. The van der Waals surface area contributed by atoms with E-state index in [1.807, 2.05) is 6.07 Å². The molecular weight excluding hydrogens is 274 g/mol. The number of rotatable bonds is 5. The van der Waals surface area contributed by atoms with Crippen LogP contribution in [0, 0.1) is 11.3 Å². The lowest BCUT2D eigenvalue weighted by Gasteiger charge is -2.18. The normalized spacial score (nSPS) is 13.4. The minimum atomic E-state index is -0.676. The van der Waals surface area contributed by atoms with Gasteiger partial charge < -0.3 is 18.9 Å². The minimum Gasteiger partial charge on any atom is -0.486 e. The Morgan fingerprint density at radius 2 is 2.10 bits per heavy atom. The van der Waals surface area contributed by atoms with E-state index < -0.39 is 5.97 Å². The Labute approximate surface area is 122 Å². The number of hydrogen-bond donors (Lipinski definition) is 0. The monoisotopic (exact) mass is 289 g/mol. The maximum atomic E-state index is 11.7. The molecule has 1 aliphatic heterocycles. The highest BCUT2D eigenvalue weighted by Crippen LogP contribution is 2.31. The predicted molar refractivity (Wildman–Crippen MR) is 73.9 cm³/mol. The second-order valence-electron chi connectivity index (χ2n) is 4.20. The fraction of sp³-hybridized carbons (Fsp3) is 0.333. The van der Waals surface area contributed by atoms with E-state index in [2.05, 4.69) is 0 Å². The third-order valence-corrected chi connectivity index (χ3v) is 2.74. The van der Waals surface area contributed by atoms with Crippen molar-refractivity contribution < 1.29 is 23.7 Å². The van der Waals surface area contributed by atoms with Gasteiger partial charge in [-0.2, -0.15) is 5.26 Å².